The Morgan fingerprint density at radius 3 is 2.34 bits per heavy atom. The first-order valence-electron chi connectivity index (χ1n) is 9.79. The van der Waals surface area contributed by atoms with Gasteiger partial charge in [-0.15, -0.1) is 0 Å². The van der Waals surface area contributed by atoms with Crippen LogP contribution in [0.1, 0.15) is 28.2 Å². The minimum absolute atomic E-state index is 0.0162. The average Bonchev–Trinajstić information content (AvgIpc) is 3.07. The lowest BCUT2D eigenvalue weighted by molar-refractivity contribution is 0.0891. The Bertz CT molecular complexity index is 973. The number of aliphatic hydroxyl groups is 1. The Hall–Kier alpha value is -3.18. The normalized spacial score (nSPS) is 12.3. The van der Waals surface area contributed by atoms with Crippen molar-refractivity contribution < 1.29 is 14.6 Å². The van der Waals surface area contributed by atoms with Crippen molar-refractivity contribution in [2.24, 2.45) is 0 Å². The number of benzene rings is 2. The fraction of sp³-hybridized carbons (Fsp3) is 0.250. The number of aromatic nitrogens is 1. The van der Waals surface area contributed by atoms with Crippen LogP contribution in [0.5, 0.6) is 0 Å². The summed E-state index contributed by atoms with van der Waals surface area (Å²) in [6, 6.07) is 18.4. The van der Waals surface area contributed by atoms with Crippen molar-refractivity contribution in [1.82, 2.24) is 9.88 Å². The zero-order valence-electron chi connectivity index (χ0n) is 16.4. The second-order valence-corrected chi connectivity index (χ2v) is 7.25. The van der Waals surface area contributed by atoms with Gasteiger partial charge in [0.2, 0.25) is 0 Å². The van der Waals surface area contributed by atoms with Crippen LogP contribution in [0.15, 0.2) is 67.0 Å². The van der Waals surface area contributed by atoms with Crippen LogP contribution in [-0.4, -0.2) is 40.8 Å². The highest BCUT2D eigenvalue weighted by Crippen LogP contribution is 2.44. The second kappa shape index (κ2) is 8.45. The molecule has 0 aliphatic heterocycles. The van der Waals surface area contributed by atoms with E-state index in [0.717, 1.165) is 11.1 Å². The maximum absolute atomic E-state index is 12.8. The third-order valence-electron chi connectivity index (χ3n) is 5.47. The summed E-state index contributed by atoms with van der Waals surface area (Å²) in [4.78, 5) is 18.5. The van der Waals surface area contributed by atoms with Crippen LogP contribution in [0.25, 0.3) is 11.1 Å². The third kappa shape index (κ3) is 3.87. The van der Waals surface area contributed by atoms with Gasteiger partial charge in [0, 0.05) is 24.9 Å². The van der Waals surface area contributed by atoms with Gasteiger partial charge in [-0.2, -0.15) is 0 Å². The fourth-order valence-corrected chi connectivity index (χ4v) is 3.91. The summed E-state index contributed by atoms with van der Waals surface area (Å²) in [7, 11) is 0. The quantitative estimate of drug-likeness (QED) is 0.690. The molecular weight excluding hydrogens is 364 g/mol. The fourth-order valence-electron chi connectivity index (χ4n) is 3.91. The van der Waals surface area contributed by atoms with E-state index >= 15 is 0 Å². The highest BCUT2D eigenvalue weighted by Gasteiger charge is 2.29. The van der Waals surface area contributed by atoms with E-state index in [9.17, 15) is 9.90 Å². The molecule has 0 unspecified atom stereocenters. The molecule has 0 atom stereocenters. The standard InChI is InChI=1S/C24H24N2O3/c1-17-10-11-25-14-18(17)15-26(12-13-27)24(28)29-16-23-21-8-4-2-6-19(21)20-7-3-5-9-22(20)23/h2-11,14,23,27H,12-13,15-16H2,1H3. The SMILES string of the molecule is Cc1ccncc1CN(CCO)C(=O)OCC1c2ccccc2-c2ccccc21. The minimum atomic E-state index is -0.427. The predicted molar refractivity (Wildman–Crippen MR) is 112 cm³/mol. The summed E-state index contributed by atoms with van der Waals surface area (Å²) < 4.78 is 5.72. The minimum Gasteiger partial charge on any atom is -0.448 e. The molecule has 1 heterocycles. The number of carbonyl (C=O) groups is 1. The van der Waals surface area contributed by atoms with E-state index in [1.165, 1.54) is 27.2 Å². The van der Waals surface area contributed by atoms with Crippen LogP contribution in [-0.2, 0) is 11.3 Å². The number of carbonyl (C=O) groups excluding carboxylic acids is 1. The number of hydrogen-bond donors (Lipinski definition) is 1. The van der Waals surface area contributed by atoms with Crippen LogP contribution in [0.2, 0.25) is 0 Å². The molecule has 1 N–H and O–H groups in total. The van der Waals surface area contributed by atoms with Crippen LogP contribution < -0.4 is 0 Å². The molecule has 0 radical (unpaired) electrons. The molecule has 1 aliphatic carbocycles. The summed E-state index contributed by atoms with van der Waals surface area (Å²) >= 11 is 0. The van der Waals surface area contributed by atoms with Crippen LogP contribution in [0, 0.1) is 6.92 Å². The summed E-state index contributed by atoms with van der Waals surface area (Å²) in [5.41, 5.74) is 6.74. The maximum atomic E-state index is 12.8. The Morgan fingerprint density at radius 2 is 1.72 bits per heavy atom. The summed E-state index contributed by atoms with van der Waals surface area (Å²) in [5, 5.41) is 9.41. The lowest BCUT2D eigenvalue weighted by Crippen LogP contribution is -2.34. The zero-order valence-corrected chi connectivity index (χ0v) is 16.4. The van der Waals surface area contributed by atoms with E-state index in [1.807, 2.05) is 37.3 Å². The van der Waals surface area contributed by atoms with Gasteiger partial charge in [0.05, 0.1) is 13.2 Å². The van der Waals surface area contributed by atoms with Crippen molar-refractivity contribution in [3.05, 3.63) is 89.2 Å². The van der Waals surface area contributed by atoms with Crippen LogP contribution in [0.4, 0.5) is 4.79 Å². The van der Waals surface area contributed by atoms with Crippen LogP contribution in [0.3, 0.4) is 0 Å². The number of pyridine rings is 1. The Morgan fingerprint density at radius 1 is 1.07 bits per heavy atom. The molecule has 5 nitrogen and oxygen atoms in total. The Kier molecular flexibility index (Phi) is 5.58. The van der Waals surface area contributed by atoms with Crippen molar-refractivity contribution >= 4 is 6.09 Å². The van der Waals surface area contributed by atoms with E-state index in [1.54, 1.807) is 12.4 Å². The van der Waals surface area contributed by atoms with Crippen molar-refractivity contribution in [1.29, 1.82) is 0 Å². The summed E-state index contributed by atoms with van der Waals surface area (Å²) in [6.07, 6.45) is 3.04. The second-order valence-electron chi connectivity index (χ2n) is 7.25. The van der Waals surface area contributed by atoms with E-state index < -0.39 is 6.09 Å². The van der Waals surface area contributed by atoms with Crippen LogP contribution >= 0.6 is 0 Å². The number of aliphatic hydroxyl groups excluding tert-OH is 1. The van der Waals surface area contributed by atoms with Gasteiger partial charge >= 0.3 is 6.09 Å². The first-order chi connectivity index (χ1) is 14.2. The van der Waals surface area contributed by atoms with Gasteiger partial charge in [0.15, 0.2) is 0 Å². The zero-order chi connectivity index (χ0) is 20.2. The number of nitrogens with zero attached hydrogens (tertiary/aromatic N) is 2. The van der Waals surface area contributed by atoms with Gasteiger partial charge < -0.3 is 14.7 Å². The molecule has 1 aromatic heterocycles. The molecule has 0 saturated carbocycles. The van der Waals surface area contributed by atoms with E-state index in [-0.39, 0.29) is 25.7 Å². The third-order valence-corrected chi connectivity index (χ3v) is 5.47. The van der Waals surface area contributed by atoms with E-state index in [0.29, 0.717) is 6.54 Å². The molecule has 2 aromatic carbocycles. The molecule has 0 fully saturated rings. The largest absolute Gasteiger partial charge is 0.448 e. The molecule has 4 rings (SSSR count). The molecule has 0 bridgehead atoms. The Balaban J connectivity index is 1.50. The summed E-state index contributed by atoms with van der Waals surface area (Å²) in [6.45, 7) is 2.69. The van der Waals surface area contributed by atoms with Gasteiger partial charge in [-0.1, -0.05) is 48.5 Å². The first kappa shape index (κ1) is 19.2. The average molecular weight is 388 g/mol. The molecular formula is C24H24N2O3. The van der Waals surface area contributed by atoms with Crippen molar-refractivity contribution in [2.75, 3.05) is 19.8 Å². The number of fused-ring (bicyclic) bond motifs is 3. The van der Waals surface area contributed by atoms with Crippen molar-refractivity contribution in [3.63, 3.8) is 0 Å². The molecule has 29 heavy (non-hydrogen) atoms. The molecule has 5 heteroatoms. The molecule has 3 aromatic rings. The number of amides is 1. The summed E-state index contributed by atoms with van der Waals surface area (Å²) in [5.74, 6) is 0.0162. The van der Waals surface area contributed by atoms with Gasteiger partial charge in [-0.3, -0.25) is 4.98 Å². The van der Waals surface area contributed by atoms with Gasteiger partial charge in [0.25, 0.3) is 0 Å². The maximum Gasteiger partial charge on any atom is 0.410 e. The topological polar surface area (TPSA) is 62.7 Å². The lowest BCUT2D eigenvalue weighted by atomic mass is 9.98. The van der Waals surface area contributed by atoms with Gasteiger partial charge in [0.1, 0.15) is 6.61 Å². The molecule has 148 valence electrons. The van der Waals surface area contributed by atoms with E-state index in [2.05, 4.69) is 29.2 Å². The number of rotatable bonds is 6. The highest BCUT2D eigenvalue weighted by atomic mass is 16.6. The van der Waals surface area contributed by atoms with E-state index in [4.69, 9.17) is 4.74 Å². The van der Waals surface area contributed by atoms with Gasteiger partial charge in [-0.05, 0) is 46.4 Å². The van der Waals surface area contributed by atoms with Crippen molar-refractivity contribution in [2.45, 2.75) is 19.4 Å². The highest BCUT2D eigenvalue weighted by molar-refractivity contribution is 5.79. The smallest absolute Gasteiger partial charge is 0.410 e. The number of aryl methyl sites for hydroxylation is 1. The first-order valence-corrected chi connectivity index (χ1v) is 9.79. The number of hydrogen-bond acceptors (Lipinski definition) is 4. The monoisotopic (exact) mass is 388 g/mol. The van der Waals surface area contributed by atoms with Crippen molar-refractivity contribution in [3.8, 4) is 11.1 Å². The molecule has 1 amide bonds. The van der Waals surface area contributed by atoms with Gasteiger partial charge in [-0.25, -0.2) is 4.79 Å². The lowest BCUT2D eigenvalue weighted by Gasteiger charge is -2.23. The molecule has 0 spiro atoms. The predicted octanol–water partition coefficient (Wildman–Crippen LogP) is 4.13. The number of ether oxygens (including phenoxy) is 1. The Labute approximate surface area is 170 Å². The molecule has 1 aliphatic rings. The molecule has 0 saturated heterocycles.